The van der Waals surface area contributed by atoms with Crippen LogP contribution in [0.2, 0.25) is 0 Å². The number of rotatable bonds is 8. The minimum Gasteiger partial charge on any atom is -0.395 e. The molecule has 0 heterocycles. The number of hydrogen-bond acceptors (Lipinski definition) is 6. The quantitative estimate of drug-likeness (QED) is 0.541. The Kier molecular flexibility index (Phi) is 6.57. The molecule has 0 atom stereocenters. The van der Waals surface area contributed by atoms with Gasteiger partial charge in [-0.1, -0.05) is 0 Å². The number of nitro benzene ring substituents is 1. The van der Waals surface area contributed by atoms with E-state index < -0.39 is 4.92 Å². The van der Waals surface area contributed by atoms with Crippen LogP contribution in [0.4, 0.5) is 11.4 Å². The fourth-order valence-corrected chi connectivity index (χ4v) is 1.85. The van der Waals surface area contributed by atoms with E-state index in [2.05, 4.69) is 5.32 Å². The van der Waals surface area contributed by atoms with Crippen LogP contribution in [0.1, 0.15) is 10.4 Å². The normalized spacial score (nSPS) is 10.2. The third-order valence-corrected chi connectivity index (χ3v) is 2.93. The molecule has 0 saturated heterocycles. The van der Waals surface area contributed by atoms with Crippen molar-refractivity contribution in [3.05, 3.63) is 33.9 Å². The molecule has 0 unspecified atom stereocenters. The number of nitro groups is 1. The smallest absolute Gasteiger partial charge is 0.292 e. The Labute approximate surface area is 122 Å². The summed E-state index contributed by atoms with van der Waals surface area (Å²) < 4.78 is 4.92. The first-order valence-corrected chi connectivity index (χ1v) is 6.40. The van der Waals surface area contributed by atoms with Crippen LogP contribution in [0.5, 0.6) is 0 Å². The molecule has 0 fully saturated rings. The minimum atomic E-state index is -0.517. The molecule has 1 amide bonds. The second kappa shape index (κ2) is 8.18. The molecule has 0 aliphatic rings. The Balaban J connectivity index is 3.01. The van der Waals surface area contributed by atoms with E-state index in [-0.39, 0.29) is 30.4 Å². The van der Waals surface area contributed by atoms with Crippen molar-refractivity contribution in [2.45, 2.75) is 0 Å². The van der Waals surface area contributed by atoms with Gasteiger partial charge < -0.3 is 20.1 Å². The topological polar surface area (TPSA) is 105 Å². The van der Waals surface area contributed by atoms with E-state index in [1.807, 2.05) is 0 Å². The molecule has 1 rings (SSSR count). The second-order valence-corrected chi connectivity index (χ2v) is 4.25. The fraction of sp³-hybridized carbons (Fsp3) is 0.462. The highest BCUT2D eigenvalue weighted by atomic mass is 16.6. The van der Waals surface area contributed by atoms with Gasteiger partial charge in [0.1, 0.15) is 5.69 Å². The van der Waals surface area contributed by atoms with Crippen LogP contribution in [0.25, 0.3) is 0 Å². The van der Waals surface area contributed by atoms with Crippen molar-refractivity contribution < 1.29 is 19.6 Å². The van der Waals surface area contributed by atoms with Crippen molar-refractivity contribution in [2.75, 3.05) is 45.8 Å². The number of aliphatic hydroxyl groups is 1. The number of ether oxygens (including phenoxy) is 1. The molecule has 21 heavy (non-hydrogen) atoms. The molecule has 8 heteroatoms. The van der Waals surface area contributed by atoms with Crippen molar-refractivity contribution in [2.24, 2.45) is 0 Å². The molecule has 0 aliphatic carbocycles. The van der Waals surface area contributed by atoms with Gasteiger partial charge in [-0.2, -0.15) is 0 Å². The number of methoxy groups -OCH3 is 1. The van der Waals surface area contributed by atoms with Crippen molar-refractivity contribution in [1.29, 1.82) is 0 Å². The van der Waals surface area contributed by atoms with Gasteiger partial charge in [0.2, 0.25) is 0 Å². The summed E-state index contributed by atoms with van der Waals surface area (Å²) in [6, 6.07) is 4.11. The molecule has 0 bridgehead atoms. The highest BCUT2D eigenvalue weighted by Crippen LogP contribution is 2.25. The first-order valence-electron chi connectivity index (χ1n) is 6.40. The van der Waals surface area contributed by atoms with E-state index in [1.54, 1.807) is 7.05 Å². The van der Waals surface area contributed by atoms with E-state index in [0.717, 1.165) is 0 Å². The van der Waals surface area contributed by atoms with Gasteiger partial charge in [-0.05, 0) is 12.1 Å². The Morgan fingerprint density at radius 2 is 2.19 bits per heavy atom. The van der Waals surface area contributed by atoms with Gasteiger partial charge in [0.15, 0.2) is 0 Å². The average Bonchev–Trinajstić information content (AvgIpc) is 2.49. The molecular formula is C13H19N3O5. The summed E-state index contributed by atoms with van der Waals surface area (Å²) in [4.78, 5) is 24.1. The number of nitrogens with one attached hydrogen (secondary N) is 1. The number of benzene rings is 1. The van der Waals surface area contributed by atoms with Gasteiger partial charge in [0.25, 0.3) is 11.6 Å². The number of carbonyl (C=O) groups excluding carboxylic acids is 1. The Bertz CT molecular complexity index is 507. The van der Waals surface area contributed by atoms with Gasteiger partial charge in [-0.25, -0.2) is 0 Å². The van der Waals surface area contributed by atoms with Crippen LogP contribution in [0.3, 0.4) is 0 Å². The lowest BCUT2D eigenvalue weighted by molar-refractivity contribution is -0.383. The molecule has 0 radical (unpaired) electrons. The number of carbonyl (C=O) groups is 1. The van der Waals surface area contributed by atoms with Crippen LogP contribution in [0.15, 0.2) is 18.2 Å². The molecule has 8 nitrogen and oxygen atoms in total. The Morgan fingerprint density at radius 3 is 2.71 bits per heavy atom. The molecular weight excluding hydrogens is 278 g/mol. The molecule has 0 spiro atoms. The van der Waals surface area contributed by atoms with E-state index in [4.69, 9.17) is 9.84 Å². The van der Waals surface area contributed by atoms with Crippen LogP contribution in [0, 0.1) is 10.1 Å². The zero-order valence-corrected chi connectivity index (χ0v) is 12.0. The maximum absolute atomic E-state index is 12.4. The van der Waals surface area contributed by atoms with Crippen LogP contribution in [-0.4, -0.2) is 61.3 Å². The molecule has 0 saturated carbocycles. The van der Waals surface area contributed by atoms with E-state index in [9.17, 15) is 14.9 Å². The molecule has 1 aromatic rings. The van der Waals surface area contributed by atoms with Crippen molar-refractivity contribution in [1.82, 2.24) is 4.90 Å². The third-order valence-electron chi connectivity index (χ3n) is 2.93. The first-order chi connectivity index (χ1) is 10.0. The lowest BCUT2D eigenvalue weighted by Gasteiger charge is -2.21. The number of anilines is 1. The maximum Gasteiger partial charge on any atom is 0.292 e. The summed E-state index contributed by atoms with van der Waals surface area (Å²) in [5.41, 5.74) is 0.482. The maximum atomic E-state index is 12.4. The predicted octanol–water partition coefficient (Wildman–Crippen LogP) is 0.717. The lowest BCUT2D eigenvalue weighted by atomic mass is 10.1. The van der Waals surface area contributed by atoms with Gasteiger partial charge in [-0.15, -0.1) is 0 Å². The standard InChI is InChI=1S/C13H19N3O5/c1-14-11-9-10(3-4-12(11)16(19)20)13(18)15(5-7-17)6-8-21-2/h3-4,9,14,17H,5-8H2,1-2H3. The van der Waals surface area contributed by atoms with E-state index >= 15 is 0 Å². The Hall–Kier alpha value is -2.19. The summed E-state index contributed by atoms with van der Waals surface area (Å²) in [5, 5.41) is 22.6. The number of hydrogen-bond donors (Lipinski definition) is 2. The third kappa shape index (κ3) is 4.40. The number of amides is 1. The molecule has 116 valence electrons. The van der Waals surface area contributed by atoms with Crippen molar-refractivity contribution in [3.63, 3.8) is 0 Å². The summed E-state index contributed by atoms with van der Waals surface area (Å²) in [6.45, 7) is 0.689. The van der Waals surface area contributed by atoms with E-state index in [0.29, 0.717) is 18.7 Å². The van der Waals surface area contributed by atoms with Crippen LogP contribution < -0.4 is 5.32 Å². The fourth-order valence-electron chi connectivity index (χ4n) is 1.85. The molecule has 0 aliphatic heterocycles. The average molecular weight is 297 g/mol. The van der Waals surface area contributed by atoms with Gasteiger partial charge >= 0.3 is 0 Å². The minimum absolute atomic E-state index is 0.0975. The van der Waals surface area contributed by atoms with Gasteiger partial charge in [-0.3, -0.25) is 14.9 Å². The monoisotopic (exact) mass is 297 g/mol. The van der Waals surface area contributed by atoms with Crippen LogP contribution in [-0.2, 0) is 4.74 Å². The largest absolute Gasteiger partial charge is 0.395 e. The first kappa shape index (κ1) is 16.9. The van der Waals surface area contributed by atoms with Crippen molar-refractivity contribution in [3.8, 4) is 0 Å². The van der Waals surface area contributed by atoms with E-state index in [1.165, 1.54) is 30.2 Å². The number of nitrogens with zero attached hydrogens (tertiary/aromatic N) is 2. The summed E-state index contributed by atoms with van der Waals surface area (Å²) in [6.07, 6.45) is 0. The van der Waals surface area contributed by atoms with Gasteiger partial charge in [0, 0.05) is 38.9 Å². The Morgan fingerprint density at radius 1 is 1.48 bits per heavy atom. The molecule has 0 aromatic heterocycles. The SMILES string of the molecule is CNc1cc(C(=O)N(CCO)CCOC)ccc1[N+](=O)[O-]. The zero-order valence-electron chi connectivity index (χ0n) is 12.0. The number of aliphatic hydroxyl groups excluding tert-OH is 1. The molecule has 1 aromatic carbocycles. The second-order valence-electron chi connectivity index (χ2n) is 4.25. The van der Waals surface area contributed by atoms with Crippen LogP contribution >= 0.6 is 0 Å². The lowest BCUT2D eigenvalue weighted by Crippen LogP contribution is -2.36. The molecule has 2 N–H and O–H groups in total. The highest BCUT2D eigenvalue weighted by molar-refractivity contribution is 5.96. The summed E-state index contributed by atoms with van der Waals surface area (Å²) in [5.74, 6) is -0.313. The predicted molar refractivity (Wildman–Crippen MR) is 77.5 cm³/mol. The highest BCUT2D eigenvalue weighted by Gasteiger charge is 2.19. The van der Waals surface area contributed by atoms with Gasteiger partial charge in [0.05, 0.1) is 18.1 Å². The summed E-state index contributed by atoms with van der Waals surface area (Å²) >= 11 is 0. The van der Waals surface area contributed by atoms with Crippen molar-refractivity contribution >= 4 is 17.3 Å². The zero-order chi connectivity index (χ0) is 15.8. The summed E-state index contributed by atoms with van der Waals surface area (Å²) in [7, 11) is 3.07.